The molecule has 1 aliphatic carbocycles. The lowest BCUT2D eigenvalue weighted by Gasteiger charge is -2.28. The van der Waals surface area contributed by atoms with E-state index in [2.05, 4.69) is 32.8 Å². The Morgan fingerprint density at radius 1 is 0.969 bits per heavy atom. The Bertz CT molecular complexity index is 1040. The van der Waals surface area contributed by atoms with Gasteiger partial charge in [0.05, 0.1) is 23.2 Å². The van der Waals surface area contributed by atoms with Crippen LogP contribution in [0.25, 0.3) is 5.57 Å². The van der Waals surface area contributed by atoms with Gasteiger partial charge in [0.15, 0.2) is 11.6 Å². The summed E-state index contributed by atoms with van der Waals surface area (Å²) in [6.45, 7) is 2.24. The summed E-state index contributed by atoms with van der Waals surface area (Å²) in [5, 5.41) is 1.89. The van der Waals surface area contributed by atoms with Crippen molar-refractivity contribution in [1.82, 2.24) is 35.7 Å². The molecule has 0 spiro atoms. The molecule has 10 heteroatoms. The van der Waals surface area contributed by atoms with Crippen molar-refractivity contribution in [3.8, 4) is 0 Å². The Morgan fingerprint density at radius 3 is 2.44 bits per heavy atom. The molecule has 32 heavy (non-hydrogen) atoms. The fourth-order valence-electron chi connectivity index (χ4n) is 5.10. The maximum absolute atomic E-state index is 6.26. The Morgan fingerprint density at radius 2 is 1.72 bits per heavy atom. The molecule has 0 amide bonds. The number of anilines is 2. The number of nitrogen functional groups attached to an aromatic ring is 1. The number of allylic oxidation sites excluding steroid dienone is 1. The second-order valence-electron chi connectivity index (χ2n) is 9.33. The smallest absolute Gasteiger partial charge is 0.160 e. The van der Waals surface area contributed by atoms with Gasteiger partial charge >= 0.3 is 0 Å². The second-order valence-corrected chi connectivity index (χ2v) is 9.33. The third-order valence-electron chi connectivity index (χ3n) is 7.11. The highest BCUT2D eigenvalue weighted by Gasteiger charge is 2.46. The first-order chi connectivity index (χ1) is 15.6. The molecule has 2 unspecified atom stereocenters. The van der Waals surface area contributed by atoms with Crippen molar-refractivity contribution in [2.45, 2.75) is 43.7 Å². The number of likely N-dealkylation sites (tertiary alicyclic amines) is 1. The number of aromatic nitrogens is 4. The van der Waals surface area contributed by atoms with E-state index < -0.39 is 0 Å². The largest absolute Gasteiger partial charge is 0.412 e. The fourth-order valence-corrected chi connectivity index (χ4v) is 5.10. The molecule has 2 fully saturated rings. The van der Waals surface area contributed by atoms with Crippen LogP contribution in [0.5, 0.6) is 0 Å². The molecule has 6 rings (SSSR count). The van der Waals surface area contributed by atoms with Crippen molar-refractivity contribution in [3.05, 3.63) is 41.4 Å². The van der Waals surface area contributed by atoms with Crippen molar-refractivity contribution in [2.24, 2.45) is 5.92 Å². The zero-order chi connectivity index (χ0) is 21.8. The van der Waals surface area contributed by atoms with Crippen LogP contribution in [0.4, 0.5) is 11.6 Å². The van der Waals surface area contributed by atoms with Crippen LogP contribution in [0.15, 0.2) is 24.5 Å². The molecular formula is C22H29N9O. The molecule has 0 aromatic carbocycles. The number of rotatable bonds is 4. The summed E-state index contributed by atoms with van der Waals surface area (Å²) < 4.78 is 0. The predicted octanol–water partition coefficient (Wildman–Crippen LogP) is 1.38. The number of nitrogens with zero attached hydrogens (tertiary/aromatic N) is 6. The SMILES string of the molecule is CN1CCC(c2cnc(C3=C(C4CC4)ONC3C3NN(C)c4ncnc(N)c43)nc2)CC1. The van der Waals surface area contributed by atoms with Crippen molar-refractivity contribution in [2.75, 3.05) is 37.9 Å². The minimum atomic E-state index is -0.197. The molecule has 2 aromatic heterocycles. The predicted molar refractivity (Wildman–Crippen MR) is 120 cm³/mol. The molecule has 4 N–H and O–H groups in total. The first-order valence-corrected chi connectivity index (χ1v) is 11.4. The van der Waals surface area contributed by atoms with Gasteiger partial charge in [0.25, 0.3) is 0 Å². The van der Waals surface area contributed by atoms with Gasteiger partial charge in [-0.2, -0.15) is 0 Å². The third kappa shape index (κ3) is 3.30. The molecule has 168 valence electrons. The highest BCUT2D eigenvalue weighted by molar-refractivity contribution is 5.73. The molecule has 10 nitrogen and oxygen atoms in total. The van der Waals surface area contributed by atoms with Crippen molar-refractivity contribution in [3.63, 3.8) is 0 Å². The van der Waals surface area contributed by atoms with E-state index in [1.54, 1.807) is 0 Å². The molecule has 1 saturated heterocycles. The third-order valence-corrected chi connectivity index (χ3v) is 7.11. The van der Waals surface area contributed by atoms with Gasteiger partial charge in [0, 0.05) is 25.4 Å². The van der Waals surface area contributed by atoms with Crippen LogP contribution in [0.1, 0.15) is 54.6 Å². The van der Waals surface area contributed by atoms with Crippen LogP contribution >= 0.6 is 0 Å². The summed E-state index contributed by atoms with van der Waals surface area (Å²) in [4.78, 5) is 26.7. The standard InChI is InChI=1S/C22H29N9O/c1-30-7-5-12(6-8-30)14-9-24-21(25-10-14)15-18(29-32-19(15)13-3-4-13)17-16-20(23)26-11-27-22(16)31(2)28-17/h9-13,17-18,28-29H,3-8H2,1-2H3,(H2,23,26,27). The van der Waals surface area contributed by atoms with Gasteiger partial charge in [-0.3, -0.25) is 5.01 Å². The highest BCUT2D eigenvalue weighted by Crippen LogP contribution is 2.47. The van der Waals surface area contributed by atoms with Crippen LogP contribution in [0, 0.1) is 5.92 Å². The van der Waals surface area contributed by atoms with Gasteiger partial charge in [0.2, 0.25) is 0 Å². The van der Waals surface area contributed by atoms with E-state index in [-0.39, 0.29) is 12.1 Å². The van der Waals surface area contributed by atoms with E-state index in [1.165, 1.54) is 11.9 Å². The van der Waals surface area contributed by atoms with Crippen LogP contribution in [-0.2, 0) is 4.84 Å². The van der Waals surface area contributed by atoms with E-state index >= 15 is 0 Å². The van der Waals surface area contributed by atoms with Crippen LogP contribution in [0.2, 0.25) is 0 Å². The summed E-state index contributed by atoms with van der Waals surface area (Å²) in [7, 11) is 4.11. The van der Waals surface area contributed by atoms with Gasteiger partial charge in [-0.15, -0.1) is 5.48 Å². The molecule has 2 aromatic rings. The maximum Gasteiger partial charge on any atom is 0.160 e. The van der Waals surface area contributed by atoms with E-state index in [0.717, 1.165) is 61.5 Å². The summed E-state index contributed by atoms with van der Waals surface area (Å²) in [6.07, 6.45) is 10.1. The number of fused-ring (bicyclic) bond motifs is 1. The summed E-state index contributed by atoms with van der Waals surface area (Å²) in [6, 6.07) is -0.378. The lowest BCUT2D eigenvalue weighted by atomic mass is 9.91. The molecule has 2 atom stereocenters. The normalized spacial score (nSPS) is 26.5. The molecule has 0 bridgehead atoms. The van der Waals surface area contributed by atoms with Gasteiger partial charge in [-0.05, 0) is 57.3 Å². The monoisotopic (exact) mass is 435 g/mol. The average Bonchev–Trinajstić information content (AvgIpc) is 3.47. The first-order valence-electron chi connectivity index (χ1n) is 11.4. The number of nitrogens with one attached hydrogen (secondary N) is 2. The Hall–Kier alpha value is -2.82. The summed E-state index contributed by atoms with van der Waals surface area (Å²) in [5.74, 6) is 3.86. The molecular weight excluding hydrogens is 406 g/mol. The number of nitrogens with two attached hydrogens (primary N) is 1. The van der Waals surface area contributed by atoms with Crippen LogP contribution in [0.3, 0.4) is 0 Å². The van der Waals surface area contributed by atoms with E-state index in [0.29, 0.717) is 23.5 Å². The number of piperidine rings is 1. The van der Waals surface area contributed by atoms with Crippen molar-refractivity contribution < 1.29 is 4.84 Å². The minimum Gasteiger partial charge on any atom is -0.412 e. The van der Waals surface area contributed by atoms with Gasteiger partial charge < -0.3 is 15.5 Å². The Balaban J connectivity index is 1.33. The number of hydroxylamine groups is 1. The number of hydrogen-bond acceptors (Lipinski definition) is 10. The van der Waals surface area contributed by atoms with Gasteiger partial charge in [-0.1, -0.05) is 0 Å². The second kappa shape index (κ2) is 7.65. The highest BCUT2D eigenvalue weighted by atomic mass is 16.7. The molecule has 1 saturated carbocycles. The molecule has 4 aliphatic rings. The molecule has 0 radical (unpaired) electrons. The minimum absolute atomic E-state index is 0.181. The Kier molecular flexibility index (Phi) is 4.74. The fraction of sp³-hybridized carbons (Fsp3) is 0.545. The van der Waals surface area contributed by atoms with Crippen molar-refractivity contribution in [1.29, 1.82) is 0 Å². The van der Waals surface area contributed by atoms with E-state index in [4.69, 9.17) is 20.5 Å². The molecule has 3 aliphatic heterocycles. The average molecular weight is 436 g/mol. The lowest BCUT2D eigenvalue weighted by Crippen LogP contribution is -2.41. The topological polar surface area (TPSA) is 117 Å². The molecule has 5 heterocycles. The number of hydrogen-bond donors (Lipinski definition) is 3. The summed E-state index contributed by atoms with van der Waals surface area (Å²) in [5.41, 5.74) is 16.0. The summed E-state index contributed by atoms with van der Waals surface area (Å²) >= 11 is 0. The quantitative estimate of drug-likeness (QED) is 0.650. The number of hydrazine groups is 1. The zero-order valence-corrected chi connectivity index (χ0v) is 18.5. The van der Waals surface area contributed by atoms with E-state index in [9.17, 15) is 0 Å². The first kappa shape index (κ1) is 19.8. The van der Waals surface area contributed by atoms with Crippen LogP contribution < -0.4 is 21.6 Å². The Labute approximate surface area is 187 Å². The van der Waals surface area contributed by atoms with Crippen molar-refractivity contribution >= 4 is 17.2 Å². The zero-order valence-electron chi connectivity index (χ0n) is 18.5. The van der Waals surface area contributed by atoms with Gasteiger partial charge in [-0.25, -0.2) is 25.4 Å². The maximum atomic E-state index is 6.26. The van der Waals surface area contributed by atoms with Crippen LogP contribution in [-0.4, -0.2) is 58.1 Å². The van der Waals surface area contributed by atoms with E-state index in [1.807, 2.05) is 24.5 Å². The lowest BCUT2D eigenvalue weighted by molar-refractivity contribution is 0.0976. The van der Waals surface area contributed by atoms with Gasteiger partial charge in [0.1, 0.15) is 17.9 Å².